The highest BCUT2D eigenvalue weighted by Crippen LogP contribution is 2.35. The molecule has 23 heavy (non-hydrogen) atoms. The lowest BCUT2D eigenvalue weighted by atomic mass is 10.2. The van der Waals surface area contributed by atoms with Crippen molar-refractivity contribution in [2.75, 3.05) is 0 Å². The number of hydrogen-bond acceptors (Lipinski definition) is 3. The average molecular weight is 360 g/mol. The van der Waals surface area contributed by atoms with Crippen molar-refractivity contribution in [2.24, 2.45) is 0 Å². The van der Waals surface area contributed by atoms with E-state index in [1.54, 1.807) is 11.3 Å². The van der Waals surface area contributed by atoms with Crippen molar-refractivity contribution >= 4 is 40.2 Å². The molecule has 114 valence electrons. The van der Waals surface area contributed by atoms with Crippen molar-refractivity contribution in [2.45, 2.75) is 6.92 Å². The maximum atomic E-state index is 6.03. The fraction of sp³-hybridized carbons (Fsp3) is 0.0588. The predicted octanol–water partition coefficient (Wildman–Crippen LogP) is 5.74. The van der Waals surface area contributed by atoms with Gasteiger partial charge in [-0.15, -0.1) is 11.3 Å². The Bertz CT molecular complexity index is 1000. The number of benzene rings is 1. The van der Waals surface area contributed by atoms with Gasteiger partial charge < -0.3 is 4.40 Å². The van der Waals surface area contributed by atoms with Gasteiger partial charge in [0.1, 0.15) is 16.3 Å². The number of pyridine rings is 1. The maximum Gasteiger partial charge on any atom is 0.137 e. The third kappa shape index (κ3) is 2.74. The quantitative estimate of drug-likeness (QED) is 0.456. The molecule has 0 bridgehead atoms. The van der Waals surface area contributed by atoms with Gasteiger partial charge in [-0.3, -0.25) is 0 Å². The van der Waals surface area contributed by atoms with Crippen LogP contribution in [0.1, 0.15) is 5.69 Å². The first-order valence-electron chi connectivity index (χ1n) is 6.98. The van der Waals surface area contributed by atoms with Gasteiger partial charge in [-0.1, -0.05) is 35.3 Å². The molecule has 3 heterocycles. The zero-order valence-electron chi connectivity index (χ0n) is 12.1. The number of aromatic nitrogens is 3. The lowest BCUT2D eigenvalue weighted by Crippen LogP contribution is -1.79. The van der Waals surface area contributed by atoms with Crippen LogP contribution in [0.15, 0.2) is 48.8 Å². The van der Waals surface area contributed by atoms with Gasteiger partial charge in [-0.2, -0.15) is 0 Å². The molecule has 4 aromatic rings. The molecule has 0 radical (unpaired) electrons. The molecular weight excluding hydrogens is 349 g/mol. The second-order valence-corrected chi connectivity index (χ2v) is 7.05. The van der Waals surface area contributed by atoms with E-state index in [0.29, 0.717) is 5.02 Å². The van der Waals surface area contributed by atoms with E-state index in [1.807, 2.05) is 60.1 Å². The third-order valence-corrected chi connectivity index (χ3v) is 5.24. The van der Waals surface area contributed by atoms with Crippen molar-refractivity contribution in [3.05, 3.63) is 64.5 Å². The Morgan fingerprint density at radius 1 is 0.913 bits per heavy atom. The van der Waals surface area contributed by atoms with E-state index in [0.717, 1.165) is 37.5 Å². The van der Waals surface area contributed by atoms with E-state index in [1.165, 1.54) is 0 Å². The van der Waals surface area contributed by atoms with E-state index in [2.05, 4.69) is 9.97 Å². The van der Waals surface area contributed by atoms with Gasteiger partial charge >= 0.3 is 0 Å². The summed E-state index contributed by atoms with van der Waals surface area (Å²) in [4.78, 5) is 10.4. The monoisotopic (exact) mass is 359 g/mol. The number of rotatable bonds is 2. The highest BCUT2D eigenvalue weighted by Gasteiger charge is 2.14. The second-order valence-electron chi connectivity index (χ2n) is 5.18. The molecule has 1 aromatic carbocycles. The van der Waals surface area contributed by atoms with Crippen LogP contribution in [0.3, 0.4) is 0 Å². The number of imidazole rings is 1. The van der Waals surface area contributed by atoms with Crippen LogP contribution in [-0.4, -0.2) is 14.4 Å². The molecule has 0 aliphatic rings. The molecule has 0 spiro atoms. The van der Waals surface area contributed by atoms with Gasteiger partial charge in [0.2, 0.25) is 0 Å². The first-order chi connectivity index (χ1) is 11.1. The first-order valence-corrected chi connectivity index (χ1v) is 8.55. The van der Waals surface area contributed by atoms with Crippen molar-refractivity contribution in [3.8, 4) is 21.1 Å². The van der Waals surface area contributed by atoms with E-state index >= 15 is 0 Å². The van der Waals surface area contributed by atoms with Crippen LogP contribution in [0.25, 0.3) is 26.8 Å². The maximum absolute atomic E-state index is 6.03. The summed E-state index contributed by atoms with van der Waals surface area (Å²) >= 11 is 13.6. The van der Waals surface area contributed by atoms with Crippen molar-refractivity contribution in [3.63, 3.8) is 0 Å². The third-order valence-electron chi connectivity index (χ3n) is 3.54. The Morgan fingerprint density at radius 3 is 2.43 bits per heavy atom. The molecule has 3 nitrogen and oxygen atoms in total. The van der Waals surface area contributed by atoms with E-state index in [-0.39, 0.29) is 0 Å². The van der Waals surface area contributed by atoms with Crippen LogP contribution < -0.4 is 0 Å². The number of thiazole rings is 1. The molecule has 3 aromatic heterocycles. The highest BCUT2D eigenvalue weighted by atomic mass is 35.5. The molecule has 0 fully saturated rings. The number of halogens is 2. The van der Waals surface area contributed by atoms with Crippen LogP contribution in [0.5, 0.6) is 0 Å². The van der Waals surface area contributed by atoms with E-state index in [4.69, 9.17) is 23.2 Å². The van der Waals surface area contributed by atoms with Gasteiger partial charge in [-0.25, -0.2) is 9.97 Å². The lowest BCUT2D eigenvalue weighted by Gasteiger charge is -1.95. The molecule has 0 amide bonds. The molecule has 0 aliphatic heterocycles. The summed E-state index contributed by atoms with van der Waals surface area (Å²) in [5.74, 6) is 0. The van der Waals surface area contributed by atoms with Gasteiger partial charge in [0, 0.05) is 23.0 Å². The van der Waals surface area contributed by atoms with Crippen molar-refractivity contribution in [1.29, 1.82) is 0 Å². The summed E-state index contributed by atoms with van der Waals surface area (Å²) in [5, 5.41) is 2.37. The first kappa shape index (κ1) is 14.7. The standard InChI is InChI=1S/C17H11Cl2N3S/c1-10-16(14-9-22-8-13(19)6-7-15(22)21-14)23-17(20-10)11-2-4-12(18)5-3-11/h2-9H,1H3. The molecule has 0 unspecified atom stereocenters. The Balaban J connectivity index is 1.80. The summed E-state index contributed by atoms with van der Waals surface area (Å²) < 4.78 is 1.93. The lowest BCUT2D eigenvalue weighted by molar-refractivity contribution is 1.19. The summed E-state index contributed by atoms with van der Waals surface area (Å²) in [5.41, 5.74) is 3.79. The largest absolute Gasteiger partial charge is 0.305 e. The van der Waals surface area contributed by atoms with Crippen LogP contribution in [0.2, 0.25) is 10.0 Å². The normalized spacial score (nSPS) is 11.3. The fourth-order valence-electron chi connectivity index (χ4n) is 2.42. The topological polar surface area (TPSA) is 30.2 Å². The number of aryl methyl sites for hydroxylation is 1. The van der Waals surface area contributed by atoms with E-state index in [9.17, 15) is 0 Å². The van der Waals surface area contributed by atoms with Crippen LogP contribution in [0.4, 0.5) is 0 Å². The zero-order valence-corrected chi connectivity index (χ0v) is 14.5. The minimum atomic E-state index is 0.685. The van der Waals surface area contributed by atoms with Gasteiger partial charge in [-0.05, 0) is 31.2 Å². The minimum absolute atomic E-state index is 0.685. The predicted molar refractivity (Wildman–Crippen MR) is 96.5 cm³/mol. The zero-order chi connectivity index (χ0) is 16.0. The van der Waals surface area contributed by atoms with Crippen LogP contribution in [-0.2, 0) is 0 Å². The fourth-order valence-corrected chi connectivity index (χ4v) is 3.74. The molecular formula is C17H11Cl2N3S. The Morgan fingerprint density at radius 2 is 1.65 bits per heavy atom. The summed E-state index contributed by atoms with van der Waals surface area (Å²) in [6.45, 7) is 2.00. The van der Waals surface area contributed by atoms with Crippen LogP contribution in [0, 0.1) is 6.92 Å². The minimum Gasteiger partial charge on any atom is -0.305 e. The second kappa shape index (κ2) is 5.64. The summed E-state index contributed by atoms with van der Waals surface area (Å²) in [6, 6.07) is 11.5. The van der Waals surface area contributed by atoms with E-state index < -0.39 is 0 Å². The summed E-state index contributed by atoms with van der Waals surface area (Å²) in [6.07, 6.45) is 3.83. The van der Waals surface area contributed by atoms with Crippen LogP contribution >= 0.6 is 34.5 Å². The SMILES string of the molecule is Cc1nc(-c2ccc(Cl)cc2)sc1-c1cn2cc(Cl)ccc2n1. The number of fused-ring (bicyclic) bond motifs is 1. The van der Waals surface area contributed by atoms with Gasteiger partial charge in [0.15, 0.2) is 0 Å². The molecule has 0 atom stereocenters. The molecule has 4 rings (SSSR count). The molecule has 6 heteroatoms. The highest BCUT2D eigenvalue weighted by molar-refractivity contribution is 7.18. The van der Waals surface area contributed by atoms with Crippen molar-refractivity contribution < 1.29 is 0 Å². The smallest absolute Gasteiger partial charge is 0.137 e. The molecule has 0 N–H and O–H groups in total. The number of hydrogen-bond donors (Lipinski definition) is 0. The Kier molecular flexibility index (Phi) is 3.60. The molecule has 0 saturated heterocycles. The van der Waals surface area contributed by atoms with Gasteiger partial charge in [0.25, 0.3) is 0 Å². The Hall–Kier alpha value is -1.88. The summed E-state index contributed by atoms with van der Waals surface area (Å²) in [7, 11) is 0. The van der Waals surface area contributed by atoms with Gasteiger partial charge in [0.05, 0.1) is 15.6 Å². The number of nitrogens with zero attached hydrogens (tertiary/aromatic N) is 3. The Labute approximate surface area is 147 Å². The molecule has 0 aliphatic carbocycles. The molecule has 0 saturated carbocycles. The van der Waals surface area contributed by atoms with Crippen molar-refractivity contribution in [1.82, 2.24) is 14.4 Å². The average Bonchev–Trinajstić information content (AvgIpc) is 3.10.